The zero-order valence-corrected chi connectivity index (χ0v) is 11.3. The lowest BCUT2D eigenvalue weighted by Gasteiger charge is -2.11. The predicted octanol–water partition coefficient (Wildman–Crippen LogP) is 2.68. The van der Waals surface area contributed by atoms with Crippen molar-refractivity contribution >= 4 is 11.6 Å². The Hall–Kier alpha value is -2.47. The summed E-state index contributed by atoms with van der Waals surface area (Å²) in [6.07, 6.45) is 0. The van der Waals surface area contributed by atoms with Crippen LogP contribution in [-0.2, 0) is 6.54 Å². The van der Waals surface area contributed by atoms with Gasteiger partial charge in [0.25, 0.3) is 5.91 Å². The molecule has 0 aromatic heterocycles. The first kappa shape index (κ1) is 14.9. The molecule has 0 radical (unpaired) electrons. The highest BCUT2D eigenvalue weighted by molar-refractivity contribution is 6.05. The maximum Gasteiger partial charge on any atom is 0.255 e. The van der Waals surface area contributed by atoms with Crippen LogP contribution in [0.15, 0.2) is 36.4 Å². The quantitative estimate of drug-likeness (QED) is 0.910. The van der Waals surface area contributed by atoms with Crippen molar-refractivity contribution in [3.05, 3.63) is 59.2 Å². The standard InChI is InChI=1S/C15H14F2N2O2/c1-21-14-4-9(8-18)2-3-13(14)19-15(20)10-5-11(16)7-12(17)6-10/h2-7H,8,18H2,1H3,(H,19,20). The van der Waals surface area contributed by atoms with E-state index >= 15 is 0 Å². The SMILES string of the molecule is COc1cc(CN)ccc1NC(=O)c1cc(F)cc(F)c1. The zero-order valence-electron chi connectivity index (χ0n) is 11.3. The van der Waals surface area contributed by atoms with E-state index < -0.39 is 17.5 Å². The molecule has 0 saturated carbocycles. The van der Waals surface area contributed by atoms with Crippen LogP contribution in [0.3, 0.4) is 0 Å². The molecule has 3 N–H and O–H groups in total. The molecule has 0 aliphatic heterocycles. The first-order valence-electron chi connectivity index (χ1n) is 6.18. The second kappa shape index (κ2) is 6.32. The second-order valence-corrected chi connectivity index (χ2v) is 4.35. The Balaban J connectivity index is 2.26. The molecule has 0 unspecified atom stereocenters. The molecule has 6 heteroatoms. The first-order valence-corrected chi connectivity index (χ1v) is 6.18. The van der Waals surface area contributed by atoms with Crippen LogP contribution in [0.1, 0.15) is 15.9 Å². The fourth-order valence-electron chi connectivity index (χ4n) is 1.85. The third-order valence-electron chi connectivity index (χ3n) is 2.87. The van der Waals surface area contributed by atoms with Gasteiger partial charge in [-0.3, -0.25) is 4.79 Å². The van der Waals surface area contributed by atoms with Crippen molar-refractivity contribution in [3.63, 3.8) is 0 Å². The maximum atomic E-state index is 13.1. The molecule has 1 amide bonds. The number of carbonyl (C=O) groups is 1. The number of rotatable bonds is 4. The number of halogens is 2. The minimum atomic E-state index is -0.814. The molecule has 4 nitrogen and oxygen atoms in total. The monoisotopic (exact) mass is 292 g/mol. The van der Waals surface area contributed by atoms with Crippen LogP contribution in [0.2, 0.25) is 0 Å². The van der Waals surface area contributed by atoms with Crippen molar-refractivity contribution < 1.29 is 18.3 Å². The van der Waals surface area contributed by atoms with E-state index in [1.165, 1.54) is 7.11 Å². The van der Waals surface area contributed by atoms with Gasteiger partial charge in [0.2, 0.25) is 0 Å². The maximum absolute atomic E-state index is 13.1. The van der Waals surface area contributed by atoms with Gasteiger partial charge < -0.3 is 15.8 Å². The summed E-state index contributed by atoms with van der Waals surface area (Å²) < 4.78 is 31.4. The Kier molecular flexibility index (Phi) is 4.49. The number of ether oxygens (including phenoxy) is 1. The molecule has 0 aliphatic carbocycles. The summed E-state index contributed by atoms with van der Waals surface area (Å²) in [5, 5.41) is 2.55. The largest absolute Gasteiger partial charge is 0.495 e. The topological polar surface area (TPSA) is 64.3 Å². The normalized spacial score (nSPS) is 10.3. The summed E-state index contributed by atoms with van der Waals surface area (Å²) in [5.74, 6) is -1.84. The van der Waals surface area contributed by atoms with Gasteiger partial charge in [0.1, 0.15) is 17.4 Å². The van der Waals surface area contributed by atoms with Crippen LogP contribution in [0.25, 0.3) is 0 Å². The molecule has 110 valence electrons. The smallest absolute Gasteiger partial charge is 0.255 e. The summed E-state index contributed by atoms with van der Waals surface area (Å²) in [5.41, 5.74) is 6.64. The number of nitrogens with two attached hydrogens (primary N) is 1. The first-order chi connectivity index (χ1) is 10.0. The molecule has 0 spiro atoms. The Bertz CT molecular complexity index is 654. The number of amides is 1. The van der Waals surface area contributed by atoms with Crippen LogP contribution < -0.4 is 15.8 Å². The molecule has 0 heterocycles. The van der Waals surface area contributed by atoms with E-state index in [1.54, 1.807) is 18.2 Å². The van der Waals surface area contributed by atoms with E-state index in [2.05, 4.69) is 5.32 Å². The van der Waals surface area contributed by atoms with E-state index in [-0.39, 0.29) is 5.56 Å². The Labute approximate surface area is 120 Å². The predicted molar refractivity (Wildman–Crippen MR) is 75.2 cm³/mol. The summed E-state index contributed by atoms with van der Waals surface area (Å²) in [4.78, 5) is 12.0. The minimum absolute atomic E-state index is 0.113. The number of carbonyl (C=O) groups excluding carboxylic acids is 1. The summed E-state index contributed by atoms with van der Waals surface area (Å²) in [6, 6.07) is 7.65. The van der Waals surface area contributed by atoms with Gasteiger partial charge in [0.05, 0.1) is 12.8 Å². The number of anilines is 1. The highest BCUT2D eigenvalue weighted by Gasteiger charge is 2.12. The van der Waals surface area contributed by atoms with Gasteiger partial charge in [0.15, 0.2) is 0 Å². The molecular weight excluding hydrogens is 278 g/mol. The average molecular weight is 292 g/mol. The van der Waals surface area contributed by atoms with Crippen LogP contribution in [0.4, 0.5) is 14.5 Å². The molecule has 0 atom stereocenters. The van der Waals surface area contributed by atoms with Gasteiger partial charge >= 0.3 is 0 Å². The number of hydrogen-bond donors (Lipinski definition) is 2. The highest BCUT2D eigenvalue weighted by atomic mass is 19.1. The van der Waals surface area contributed by atoms with Crippen LogP contribution in [-0.4, -0.2) is 13.0 Å². The fraction of sp³-hybridized carbons (Fsp3) is 0.133. The zero-order chi connectivity index (χ0) is 15.4. The molecule has 0 saturated heterocycles. The summed E-state index contributed by atoms with van der Waals surface area (Å²) in [6.45, 7) is 0.333. The lowest BCUT2D eigenvalue weighted by Crippen LogP contribution is -2.13. The second-order valence-electron chi connectivity index (χ2n) is 4.35. The number of benzene rings is 2. The number of nitrogens with one attached hydrogen (secondary N) is 1. The summed E-state index contributed by atoms with van der Waals surface area (Å²) >= 11 is 0. The van der Waals surface area contributed by atoms with Crippen molar-refractivity contribution in [1.29, 1.82) is 0 Å². The minimum Gasteiger partial charge on any atom is -0.495 e. The number of hydrogen-bond acceptors (Lipinski definition) is 3. The molecule has 2 aromatic rings. The van der Waals surface area contributed by atoms with E-state index in [0.717, 1.165) is 17.7 Å². The molecule has 21 heavy (non-hydrogen) atoms. The van der Waals surface area contributed by atoms with Crippen molar-refractivity contribution in [1.82, 2.24) is 0 Å². The van der Waals surface area contributed by atoms with Gasteiger partial charge in [0, 0.05) is 18.2 Å². The van der Waals surface area contributed by atoms with Crippen LogP contribution in [0, 0.1) is 11.6 Å². The third-order valence-corrected chi connectivity index (χ3v) is 2.87. The summed E-state index contributed by atoms with van der Waals surface area (Å²) in [7, 11) is 1.45. The molecule has 2 rings (SSSR count). The van der Waals surface area contributed by atoms with Gasteiger partial charge in [-0.05, 0) is 29.8 Å². The van der Waals surface area contributed by atoms with Crippen molar-refractivity contribution in [2.24, 2.45) is 5.73 Å². The number of methoxy groups -OCH3 is 1. The Morgan fingerprint density at radius 2 is 1.86 bits per heavy atom. The van der Waals surface area contributed by atoms with E-state index in [1.807, 2.05) is 0 Å². The molecular formula is C15H14F2N2O2. The van der Waals surface area contributed by atoms with Crippen LogP contribution in [0.5, 0.6) is 5.75 Å². The lowest BCUT2D eigenvalue weighted by atomic mass is 10.1. The van der Waals surface area contributed by atoms with Crippen molar-refractivity contribution in [2.45, 2.75) is 6.54 Å². The van der Waals surface area contributed by atoms with Crippen LogP contribution >= 0.6 is 0 Å². The van der Waals surface area contributed by atoms with Crippen molar-refractivity contribution in [3.8, 4) is 5.75 Å². The lowest BCUT2D eigenvalue weighted by molar-refractivity contribution is 0.102. The van der Waals surface area contributed by atoms with E-state index in [4.69, 9.17) is 10.5 Å². The molecule has 0 fully saturated rings. The fourth-order valence-corrected chi connectivity index (χ4v) is 1.85. The van der Waals surface area contributed by atoms with Gasteiger partial charge in [-0.2, -0.15) is 0 Å². The van der Waals surface area contributed by atoms with Gasteiger partial charge in [-0.25, -0.2) is 8.78 Å². The average Bonchev–Trinajstić information content (AvgIpc) is 2.46. The molecule has 0 bridgehead atoms. The highest BCUT2D eigenvalue weighted by Crippen LogP contribution is 2.26. The Morgan fingerprint density at radius 3 is 2.43 bits per heavy atom. The van der Waals surface area contributed by atoms with Gasteiger partial charge in [-0.1, -0.05) is 6.07 Å². The van der Waals surface area contributed by atoms with Gasteiger partial charge in [-0.15, -0.1) is 0 Å². The van der Waals surface area contributed by atoms with E-state index in [0.29, 0.717) is 24.0 Å². The molecule has 2 aromatic carbocycles. The third kappa shape index (κ3) is 3.55. The van der Waals surface area contributed by atoms with Crippen molar-refractivity contribution in [2.75, 3.05) is 12.4 Å². The van der Waals surface area contributed by atoms with E-state index in [9.17, 15) is 13.6 Å². The molecule has 0 aliphatic rings. The Morgan fingerprint density at radius 1 is 1.19 bits per heavy atom.